The molecule has 0 spiro atoms. The Bertz CT molecular complexity index is 3440. The van der Waals surface area contributed by atoms with Gasteiger partial charge in [0.05, 0.1) is 16.8 Å². The molecule has 0 bridgehead atoms. The van der Waals surface area contributed by atoms with Gasteiger partial charge in [-0.15, -0.1) is 0 Å². The monoisotopic (exact) mass is 839 g/mol. The van der Waals surface area contributed by atoms with E-state index in [1.165, 1.54) is 77.5 Å². The molecule has 0 fully saturated rings. The number of nitrogens with zero attached hydrogens (tertiary/aromatic N) is 1. The molecular weight excluding hydrogens is 795 g/mol. The fourth-order valence-corrected chi connectivity index (χ4v) is 10.5. The Kier molecular flexibility index (Phi) is 9.81. The summed E-state index contributed by atoms with van der Waals surface area (Å²) in [5.41, 5.74) is 19.9. The van der Waals surface area contributed by atoms with Gasteiger partial charge in [-0.3, -0.25) is 0 Å². The average Bonchev–Trinajstić information content (AvgIpc) is 3.71. The zero-order chi connectivity index (χ0) is 43.9. The van der Waals surface area contributed by atoms with Crippen LogP contribution in [-0.4, -0.2) is 0 Å². The fourth-order valence-electron chi connectivity index (χ4n) is 10.5. The van der Waals surface area contributed by atoms with Gasteiger partial charge in [0, 0.05) is 16.8 Å². The summed E-state index contributed by atoms with van der Waals surface area (Å²) in [5.74, 6) is 0. The van der Waals surface area contributed by atoms with Gasteiger partial charge in [-0.05, 0) is 108 Å². The third-order valence-corrected chi connectivity index (χ3v) is 13.6. The Morgan fingerprint density at radius 2 is 0.697 bits per heavy atom. The van der Waals surface area contributed by atoms with Crippen molar-refractivity contribution in [1.82, 2.24) is 0 Å². The van der Waals surface area contributed by atoms with Crippen molar-refractivity contribution in [3.05, 3.63) is 295 Å². The first-order chi connectivity index (χ1) is 32.7. The predicted octanol–water partition coefficient (Wildman–Crippen LogP) is 17.3. The van der Waals surface area contributed by atoms with Crippen LogP contribution < -0.4 is 4.90 Å². The molecular formula is C65H45N. The van der Waals surface area contributed by atoms with Crippen LogP contribution in [0, 0.1) is 0 Å². The summed E-state index contributed by atoms with van der Waals surface area (Å²) < 4.78 is 0. The van der Waals surface area contributed by atoms with E-state index in [9.17, 15) is 0 Å². The maximum absolute atomic E-state index is 2.49. The van der Waals surface area contributed by atoms with Crippen LogP contribution in [0.3, 0.4) is 0 Å². The standard InChI is InChI=1S/C65H45N/c1-4-17-46(18-5-1)48-35-38-52(39-36-48)58-25-13-15-29-62(58)66(57-43-41-50(42-44-57)49-31-33-51(34-32-49)54-40-37-47-19-10-11-20-53(47)45-54)63-30-16-28-61-64(63)59-26-12-14-27-60(59)65(61,55-21-6-2-7-22-55)56-23-8-3-9-24-56/h1-45H. The van der Waals surface area contributed by atoms with Gasteiger partial charge in [-0.1, -0.05) is 243 Å². The number of para-hydroxylation sites is 1. The summed E-state index contributed by atoms with van der Waals surface area (Å²) in [6, 6.07) is 100. The summed E-state index contributed by atoms with van der Waals surface area (Å²) in [6.45, 7) is 0. The molecule has 310 valence electrons. The number of fused-ring (bicyclic) bond motifs is 4. The molecule has 1 nitrogen and oxygen atoms in total. The number of hydrogen-bond acceptors (Lipinski definition) is 1. The van der Waals surface area contributed by atoms with Crippen LogP contribution in [0.15, 0.2) is 273 Å². The van der Waals surface area contributed by atoms with Gasteiger partial charge in [-0.25, -0.2) is 0 Å². The van der Waals surface area contributed by atoms with Crippen LogP contribution in [0.1, 0.15) is 22.3 Å². The Morgan fingerprint density at radius 3 is 1.35 bits per heavy atom. The van der Waals surface area contributed by atoms with Gasteiger partial charge in [0.1, 0.15) is 0 Å². The SMILES string of the molecule is c1ccc(-c2ccc(-c3ccccc3N(c3ccc(-c4ccc(-c5ccc6ccccc6c5)cc4)cc3)c3cccc4c3-c3ccccc3C4(c3ccccc3)c3ccccc3)cc2)cc1. The summed E-state index contributed by atoms with van der Waals surface area (Å²) in [7, 11) is 0. The van der Waals surface area contributed by atoms with E-state index in [2.05, 4.69) is 278 Å². The number of anilines is 3. The lowest BCUT2D eigenvalue weighted by molar-refractivity contribution is 0.768. The topological polar surface area (TPSA) is 3.24 Å². The lowest BCUT2D eigenvalue weighted by Crippen LogP contribution is -2.28. The Morgan fingerprint density at radius 1 is 0.258 bits per heavy atom. The van der Waals surface area contributed by atoms with E-state index in [4.69, 9.17) is 0 Å². The van der Waals surface area contributed by atoms with E-state index in [0.29, 0.717) is 0 Å². The molecule has 0 heterocycles. The Labute approximate surface area is 387 Å². The summed E-state index contributed by atoms with van der Waals surface area (Å²) in [4.78, 5) is 2.49. The molecule has 66 heavy (non-hydrogen) atoms. The fraction of sp³-hybridized carbons (Fsp3) is 0.0154. The molecule has 12 rings (SSSR count). The van der Waals surface area contributed by atoms with Crippen molar-refractivity contribution < 1.29 is 0 Å². The molecule has 0 saturated heterocycles. The van der Waals surface area contributed by atoms with Crippen molar-refractivity contribution in [2.75, 3.05) is 4.90 Å². The van der Waals surface area contributed by atoms with Gasteiger partial charge in [0.15, 0.2) is 0 Å². The highest BCUT2D eigenvalue weighted by Crippen LogP contribution is 2.60. The lowest BCUT2D eigenvalue weighted by Gasteiger charge is -2.34. The molecule has 0 saturated carbocycles. The lowest BCUT2D eigenvalue weighted by atomic mass is 9.68. The third kappa shape index (κ3) is 6.64. The first-order valence-corrected chi connectivity index (χ1v) is 22.8. The Balaban J connectivity index is 1.03. The number of hydrogen-bond donors (Lipinski definition) is 0. The van der Waals surface area contributed by atoms with Crippen LogP contribution in [-0.2, 0) is 5.41 Å². The normalized spacial score (nSPS) is 12.4. The van der Waals surface area contributed by atoms with Crippen molar-refractivity contribution in [3.63, 3.8) is 0 Å². The third-order valence-electron chi connectivity index (χ3n) is 13.6. The second-order valence-electron chi connectivity index (χ2n) is 17.2. The minimum atomic E-state index is -0.522. The molecule has 1 aliphatic carbocycles. The smallest absolute Gasteiger partial charge is 0.0714 e. The van der Waals surface area contributed by atoms with E-state index in [1.54, 1.807) is 0 Å². The molecule has 1 aliphatic rings. The zero-order valence-electron chi connectivity index (χ0n) is 36.4. The molecule has 0 radical (unpaired) electrons. The molecule has 11 aromatic rings. The predicted molar refractivity (Wildman–Crippen MR) is 278 cm³/mol. The largest absolute Gasteiger partial charge is 0.309 e. The molecule has 0 N–H and O–H groups in total. The first kappa shape index (κ1) is 39.1. The van der Waals surface area contributed by atoms with Gasteiger partial charge in [0.25, 0.3) is 0 Å². The zero-order valence-corrected chi connectivity index (χ0v) is 36.4. The van der Waals surface area contributed by atoms with Crippen LogP contribution in [0.25, 0.3) is 66.4 Å². The second-order valence-corrected chi connectivity index (χ2v) is 17.2. The van der Waals surface area contributed by atoms with E-state index >= 15 is 0 Å². The molecule has 1 heteroatoms. The van der Waals surface area contributed by atoms with Crippen molar-refractivity contribution >= 4 is 27.8 Å². The molecule has 0 amide bonds. The van der Waals surface area contributed by atoms with Crippen LogP contribution in [0.4, 0.5) is 17.1 Å². The van der Waals surface area contributed by atoms with Crippen LogP contribution >= 0.6 is 0 Å². The van der Waals surface area contributed by atoms with Crippen molar-refractivity contribution in [1.29, 1.82) is 0 Å². The van der Waals surface area contributed by atoms with Crippen LogP contribution in [0.5, 0.6) is 0 Å². The number of benzene rings is 11. The first-order valence-electron chi connectivity index (χ1n) is 22.8. The van der Waals surface area contributed by atoms with Crippen molar-refractivity contribution in [2.24, 2.45) is 0 Å². The van der Waals surface area contributed by atoms with E-state index in [0.717, 1.165) is 28.2 Å². The molecule has 0 aromatic heterocycles. The van der Waals surface area contributed by atoms with Crippen molar-refractivity contribution in [2.45, 2.75) is 5.41 Å². The number of rotatable bonds is 9. The highest BCUT2D eigenvalue weighted by atomic mass is 15.1. The maximum atomic E-state index is 2.49. The summed E-state index contributed by atoms with van der Waals surface area (Å²) in [6.07, 6.45) is 0. The van der Waals surface area contributed by atoms with E-state index in [-0.39, 0.29) is 0 Å². The van der Waals surface area contributed by atoms with Crippen molar-refractivity contribution in [3.8, 4) is 55.6 Å². The second kappa shape index (κ2) is 16.6. The van der Waals surface area contributed by atoms with E-state index < -0.39 is 5.41 Å². The van der Waals surface area contributed by atoms with Gasteiger partial charge < -0.3 is 4.90 Å². The average molecular weight is 840 g/mol. The summed E-state index contributed by atoms with van der Waals surface area (Å²) >= 11 is 0. The minimum absolute atomic E-state index is 0.522. The van der Waals surface area contributed by atoms with Gasteiger partial charge in [-0.2, -0.15) is 0 Å². The quantitative estimate of drug-likeness (QED) is 0.140. The molecule has 0 aliphatic heterocycles. The maximum Gasteiger partial charge on any atom is 0.0714 e. The molecule has 0 atom stereocenters. The molecule has 11 aromatic carbocycles. The Hall–Kier alpha value is -8.52. The highest BCUT2D eigenvalue weighted by Gasteiger charge is 2.47. The van der Waals surface area contributed by atoms with E-state index in [1.807, 2.05) is 0 Å². The van der Waals surface area contributed by atoms with Gasteiger partial charge >= 0.3 is 0 Å². The summed E-state index contributed by atoms with van der Waals surface area (Å²) in [5, 5.41) is 2.51. The van der Waals surface area contributed by atoms with Crippen LogP contribution in [0.2, 0.25) is 0 Å². The highest BCUT2D eigenvalue weighted by molar-refractivity contribution is 6.00. The molecule has 0 unspecified atom stereocenters. The minimum Gasteiger partial charge on any atom is -0.309 e. The van der Waals surface area contributed by atoms with Gasteiger partial charge in [0.2, 0.25) is 0 Å².